The Kier molecular flexibility index (Phi) is 4.57. The number of hydrogen-bond donors (Lipinski definition) is 0. The van der Waals surface area contributed by atoms with Crippen molar-refractivity contribution in [3.8, 4) is 0 Å². The van der Waals surface area contributed by atoms with E-state index in [9.17, 15) is 4.79 Å². The van der Waals surface area contributed by atoms with Crippen LogP contribution in [0, 0.1) is 11.8 Å². The van der Waals surface area contributed by atoms with Crippen molar-refractivity contribution in [3.63, 3.8) is 0 Å². The van der Waals surface area contributed by atoms with E-state index in [-0.39, 0.29) is 5.97 Å². The minimum atomic E-state index is -0.263. The molecule has 2 heteroatoms. The van der Waals surface area contributed by atoms with Crippen molar-refractivity contribution < 1.29 is 9.53 Å². The molecule has 2 aromatic carbocycles. The summed E-state index contributed by atoms with van der Waals surface area (Å²) in [6.45, 7) is 2.22. The molecule has 2 bridgehead atoms. The van der Waals surface area contributed by atoms with Crippen LogP contribution in [0.1, 0.15) is 34.8 Å². The van der Waals surface area contributed by atoms with Crippen LogP contribution in [0.15, 0.2) is 78.9 Å². The fraction of sp³-hybridized carbons (Fsp3) is 0.208. The third-order valence-electron chi connectivity index (χ3n) is 5.13. The van der Waals surface area contributed by atoms with E-state index >= 15 is 0 Å². The molecule has 4 rings (SSSR count). The summed E-state index contributed by atoms with van der Waals surface area (Å²) in [4.78, 5) is 11.9. The second kappa shape index (κ2) is 7.17. The zero-order chi connectivity index (χ0) is 17.9. The van der Waals surface area contributed by atoms with Crippen LogP contribution in [0.2, 0.25) is 0 Å². The Labute approximate surface area is 154 Å². The smallest absolute Gasteiger partial charge is 0.338 e. The van der Waals surface area contributed by atoms with Crippen LogP contribution in [0.3, 0.4) is 0 Å². The van der Waals surface area contributed by atoms with Gasteiger partial charge in [-0.25, -0.2) is 4.79 Å². The van der Waals surface area contributed by atoms with Crippen LogP contribution >= 0.6 is 0 Å². The van der Waals surface area contributed by atoms with Crippen molar-refractivity contribution in [1.29, 1.82) is 0 Å². The second-order valence-corrected chi connectivity index (χ2v) is 6.71. The quantitative estimate of drug-likeness (QED) is 0.682. The highest BCUT2D eigenvalue weighted by atomic mass is 16.5. The second-order valence-electron chi connectivity index (χ2n) is 6.71. The lowest BCUT2D eigenvalue weighted by atomic mass is 9.89. The number of fused-ring (bicyclic) bond motifs is 2. The Morgan fingerprint density at radius 1 is 0.885 bits per heavy atom. The van der Waals surface area contributed by atoms with Gasteiger partial charge in [-0.2, -0.15) is 0 Å². The SMILES string of the molecule is CCOC(=O)c1ccc(C2=C(c3ccccc3)[C@@H]3C=CC=CC2C3)cc1. The lowest BCUT2D eigenvalue weighted by molar-refractivity contribution is 0.0526. The van der Waals surface area contributed by atoms with E-state index < -0.39 is 0 Å². The Bertz CT molecular complexity index is 886. The molecule has 26 heavy (non-hydrogen) atoms. The topological polar surface area (TPSA) is 26.3 Å². The van der Waals surface area contributed by atoms with Gasteiger partial charge in [-0.1, -0.05) is 66.8 Å². The van der Waals surface area contributed by atoms with Crippen molar-refractivity contribution in [1.82, 2.24) is 0 Å². The molecule has 2 atom stereocenters. The van der Waals surface area contributed by atoms with Gasteiger partial charge in [0.05, 0.1) is 12.2 Å². The van der Waals surface area contributed by atoms with Crippen LogP contribution < -0.4 is 0 Å². The van der Waals surface area contributed by atoms with Gasteiger partial charge in [0, 0.05) is 11.8 Å². The number of esters is 1. The number of carbonyl (C=O) groups excluding carboxylic acids is 1. The molecule has 0 aliphatic heterocycles. The van der Waals surface area contributed by atoms with E-state index in [4.69, 9.17) is 4.74 Å². The van der Waals surface area contributed by atoms with E-state index in [1.165, 1.54) is 22.3 Å². The number of carbonyl (C=O) groups is 1. The normalized spacial score (nSPS) is 21.0. The predicted molar refractivity (Wildman–Crippen MR) is 106 cm³/mol. The first kappa shape index (κ1) is 16.6. The molecule has 2 aromatic rings. The zero-order valence-electron chi connectivity index (χ0n) is 14.9. The van der Waals surface area contributed by atoms with Gasteiger partial charge < -0.3 is 4.74 Å². The number of hydrogen-bond acceptors (Lipinski definition) is 2. The van der Waals surface area contributed by atoms with Gasteiger partial charge in [-0.15, -0.1) is 0 Å². The van der Waals surface area contributed by atoms with Gasteiger partial charge >= 0.3 is 5.97 Å². The summed E-state index contributed by atoms with van der Waals surface area (Å²) in [6.07, 6.45) is 10.0. The van der Waals surface area contributed by atoms with Crippen molar-refractivity contribution in [2.75, 3.05) is 6.61 Å². The maximum atomic E-state index is 11.9. The average molecular weight is 342 g/mol. The van der Waals surface area contributed by atoms with E-state index in [1.54, 1.807) is 0 Å². The Morgan fingerprint density at radius 3 is 2.04 bits per heavy atom. The molecule has 2 nitrogen and oxygen atoms in total. The van der Waals surface area contributed by atoms with Crippen molar-refractivity contribution >= 4 is 17.1 Å². The lowest BCUT2D eigenvalue weighted by Gasteiger charge is -2.15. The average Bonchev–Trinajstić information content (AvgIpc) is 2.85. The standard InChI is InChI=1S/C24H22O2/c1-2-26-24(25)19-14-12-18(13-15-19)23-21-11-7-6-10-20(16-21)22(23)17-8-4-3-5-9-17/h3-15,20-21H,2,16H2,1H3/t20-,21?/m1/s1. The number of rotatable bonds is 4. The molecule has 0 saturated heterocycles. The summed E-state index contributed by atoms with van der Waals surface area (Å²) in [5.41, 5.74) is 5.84. The van der Waals surface area contributed by atoms with Crippen LogP contribution in [-0.4, -0.2) is 12.6 Å². The van der Waals surface area contributed by atoms with E-state index in [2.05, 4.69) is 66.8 Å². The molecule has 0 N–H and O–H groups in total. The first-order valence-corrected chi connectivity index (χ1v) is 9.20. The first-order valence-electron chi connectivity index (χ1n) is 9.20. The molecule has 0 aromatic heterocycles. The van der Waals surface area contributed by atoms with Gasteiger partial charge in [0.15, 0.2) is 0 Å². The van der Waals surface area contributed by atoms with Gasteiger partial charge in [0.2, 0.25) is 0 Å². The van der Waals surface area contributed by atoms with E-state index in [1.807, 2.05) is 19.1 Å². The number of ether oxygens (including phenoxy) is 1. The molecule has 2 aliphatic rings. The Balaban J connectivity index is 1.79. The predicted octanol–water partition coefficient (Wildman–Crippen LogP) is 5.54. The minimum Gasteiger partial charge on any atom is -0.462 e. The highest BCUT2D eigenvalue weighted by Crippen LogP contribution is 2.49. The summed E-state index contributed by atoms with van der Waals surface area (Å²) in [5.74, 6) is 0.567. The molecule has 0 saturated carbocycles. The fourth-order valence-electron chi connectivity index (χ4n) is 4.01. The highest BCUT2D eigenvalue weighted by Gasteiger charge is 2.33. The molecule has 0 radical (unpaired) electrons. The van der Waals surface area contributed by atoms with Crippen LogP contribution in [0.5, 0.6) is 0 Å². The summed E-state index contributed by atoms with van der Waals surface area (Å²) < 4.78 is 5.10. The van der Waals surface area contributed by atoms with E-state index in [0.717, 1.165) is 6.42 Å². The fourth-order valence-corrected chi connectivity index (χ4v) is 4.01. The maximum absolute atomic E-state index is 11.9. The van der Waals surface area contributed by atoms with Crippen LogP contribution in [0.25, 0.3) is 11.1 Å². The van der Waals surface area contributed by atoms with Crippen molar-refractivity contribution in [2.24, 2.45) is 11.8 Å². The molecular weight excluding hydrogens is 320 g/mol. The molecule has 1 unspecified atom stereocenters. The molecule has 130 valence electrons. The molecule has 0 amide bonds. The van der Waals surface area contributed by atoms with Gasteiger partial charge in [-0.05, 0) is 47.8 Å². The van der Waals surface area contributed by atoms with Gasteiger partial charge in [0.25, 0.3) is 0 Å². The molecular formula is C24H22O2. The van der Waals surface area contributed by atoms with Crippen LogP contribution in [-0.2, 0) is 4.74 Å². The maximum Gasteiger partial charge on any atom is 0.338 e. The molecule has 0 fully saturated rings. The lowest BCUT2D eigenvalue weighted by Crippen LogP contribution is -2.04. The zero-order valence-corrected chi connectivity index (χ0v) is 14.9. The Morgan fingerprint density at radius 2 is 1.46 bits per heavy atom. The number of benzene rings is 2. The first-order chi connectivity index (χ1) is 12.8. The molecule has 2 aliphatic carbocycles. The van der Waals surface area contributed by atoms with Crippen molar-refractivity contribution in [2.45, 2.75) is 13.3 Å². The van der Waals surface area contributed by atoms with E-state index in [0.29, 0.717) is 24.0 Å². The molecule has 0 spiro atoms. The third kappa shape index (κ3) is 3.03. The number of allylic oxidation sites excluding steroid dienone is 6. The van der Waals surface area contributed by atoms with Crippen LogP contribution in [0.4, 0.5) is 0 Å². The minimum absolute atomic E-state index is 0.263. The Hall–Kier alpha value is -2.87. The summed E-state index contributed by atoms with van der Waals surface area (Å²) >= 11 is 0. The monoisotopic (exact) mass is 342 g/mol. The summed E-state index contributed by atoms with van der Waals surface area (Å²) in [7, 11) is 0. The van der Waals surface area contributed by atoms with Gasteiger partial charge in [-0.3, -0.25) is 0 Å². The van der Waals surface area contributed by atoms with Gasteiger partial charge in [0.1, 0.15) is 0 Å². The highest BCUT2D eigenvalue weighted by molar-refractivity contribution is 5.97. The van der Waals surface area contributed by atoms with Crippen molar-refractivity contribution in [3.05, 3.63) is 95.6 Å². The third-order valence-corrected chi connectivity index (χ3v) is 5.13. The summed E-state index contributed by atoms with van der Waals surface area (Å²) in [6, 6.07) is 18.5. The largest absolute Gasteiger partial charge is 0.462 e. The molecule has 0 heterocycles. The summed E-state index contributed by atoms with van der Waals surface area (Å²) in [5, 5.41) is 0.